The van der Waals surface area contributed by atoms with Crippen molar-refractivity contribution in [2.24, 2.45) is 0 Å². The van der Waals surface area contributed by atoms with Crippen LogP contribution in [0.2, 0.25) is 0 Å². The number of aliphatic hydroxyl groups excluding tert-OH is 1. The Morgan fingerprint density at radius 3 is 3.00 bits per heavy atom. The van der Waals surface area contributed by atoms with Crippen LogP contribution < -0.4 is 10.6 Å². The molecular weight excluding hydrogens is 275 g/mol. The van der Waals surface area contributed by atoms with Gasteiger partial charge >= 0.3 is 0 Å². The topological polar surface area (TPSA) is 70.6 Å². The molecule has 2 atom stereocenters. The molecule has 1 aliphatic rings. The lowest BCUT2D eigenvalue weighted by molar-refractivity contribution is -0.120. The fraction of sp³-hybridized carbons (Fsp3) is 0.533. The van der Waals surface area contributed by atoms with Crippen molar-refractivity contribution in [3.8, 4) is 0 Å². The molecule has 1 fully saturated rings. The molecule has 0 radical (unpaired) electrons. The molecule has 0 spiro atoms. The summed E-state index contributed by atoms with van der Waals surface area (Å²) in [5.41, 5.74) is 0.185. The number of hydrogen-bond acceptors (Lipinski definition) is 4. The van der Waals surface area contributed by atoms with E-state index in [0.717, 1.165) is 19.4 Å². The number of ether oxygens (including phenoxy) is 1. The van der Waals surface area contributed by atoms with Crippen LogP contribution in [0.4, 0.5) is 4.39 Å². The predicted molar refractivity (Wildman–Crippen MR) is 76.2 cm³/mol. The highest BCUT2D eigenvalue weighted by Gasteiger charge is 2.16. The quantitative estimate of drug-likeness (QED) is 0.694. The number of carbonyl (C=O) groups excluding carboxylic acids is 1. The molecule has 0 aromatic heterocycles. The van der Waals surface area contributed by atoms with E-state index in [9.17, 15) is 14.3 Å². The van der Waals surface area contributed by atoms with Gasteiger partial charge in [-0.2, -0.15) is 0 Å². The fourth-order valence-electron chi connectivity index (χ4n) is 2.28. The first-order valence-corrected chi connectivity index (χ1v) is 7.18. The summed E-state index contributed by atoms with van der Waals surface area (Å²) in [4.78, 5) is 11.6. The van der Waals surface area contributed by atoms with Gasteiger partial charge in [-0.05, 0) is 18.9 Å². The number of rotatable bonds is 7. The van der Waals surface area contributed by atoms with Crippen molar-refractivity contribution < 1.29 is 19.0 Å². The highest BCUT2D eigenvalue weighted by Crippen LogP contribution is 2.15. The molecule has 2 rings (SSSR count). The Bertz CT molecular complexity index is 464. The van der Waals surface area contributed by atoms with Gasteiger partial charge in [0.15, 0.2) is 0 Å². The van der Waals surface area contributed by atoms with Crippen molar-refractivity contribution in [2.75, 3.05) is 26.2 Å². The van der Waals surface area contributed by atoms with Gasteiger partial charge in [0.05, 0.1) is 18.8 Å². The maximum atomic E-state index is 13.4. The van der Waals surface area contributed by atoms with Crippen LogP contribution in [0.25, 0.3) is 0 Å². The summed E-state index contributed by atoms with van der Waals surface area (Å²) in [6, 6.07) is 5.98. The van der Waals surface area contributed by atoms with E-state index in [1.807, 2.05) is 0 Å². The maximum Gasteiger partial charge on any atom is 0.234 e. The molecule has 1 saturated heterocycles. The fourth-order valence-corrected chi connectivity index (χ4v) is 2.28. The van der Waals surface area contributed by atoms with Gasteiger partial charge in [0, 0.05) is 25.3 Å². The molecule has 0 unspecified atom stereocenters. The number of carbonyl (C=O) groups is 1. The summed E-state index contributed by atoms with van der Waals surface area (Å²) in [7, 11) is 0. The Morgan fingerprint density at radius 1 is 1.48 bits per heavy atom. The Labute approximate surface area is 123 Å². The van der Waals surface area contributed by atoms with E-state index in [2.05, 4.69) is 10.6 Å². The number of hydrogen-bond donors (Lipinski definition) is 3. The molecule has 6 heteroatoms. The molecule has 1 aromatic carbocycles. The van der Waals surface area contributed by atoms with Crippen LogP contribution in [0.3, 0.4) is 0 Å². The van der Waals surface area contributed by atoms with E-state index >= 15 is 0 Å². The molecule has 0 saturated carbocycles. The third kappa shape index (κ3) is 5.08. The van der Waals surface area contributed by atoms with Crippen LogP contribution in [0.15, 0.2) is 24.3 Å². The molecule has 1 amide bonds. The van der Waals surface area contributed by atoms with Crippen LogP contribution in [-0.2, 0) is 9.53 Å². The molecule has 3 N–H and O–H groups in total. The lowest BCUT2D eigenvalue weighted by atomic mass is 10.1. The van der Waals surface area contributed by atoms with Gasteiger partial charge in [0.1, 0.15) is 5.82 Å². The minimum atomic E-state index is -1.05. The van der Waals surface area contributed by atoms with Crippen molar-refractivity contribution >= 4 is 5.91 Å². The molecule has 1 aromatic rings. The van der Waals surface area contributed by atoms with Crippen LogP contribution in [0.1, 0.15) is 24.5 Å². The molecule has 5 nitrogen and oxygen atoms in total. The summed E-state index contributed by atoms with van der Waals surface area (Å²) in [6.07, 6.45) is 1.21. The van der Waals surface area contributed by atoms with E-state index in [1.54, 1.807) is 12.1 Å². The number of nitrogens with one attached hydrogen (secondary N) is 2. The largest absolute Gasteiger partial charge is 0.386 e. The molecule has 116 valence electrons. The lowest BCUT2D eigenvalue weighted by Crippen LogP contribution is -2.38. The first-order chi connectivity index (χ1) is 10.2. The predicted octanol–water partition coefficient (Wildman–Crippen LogP) is 0.744. The van der Waals surface area contributed by atoms with Gasteiger partial charge in [-0.3, -0.25) is 4.79 Å². The Hall–Kier alpha value is -1.50. The number of benzene rings is 1. The SMILES string of the molecule is O=C(CNC[C@H]1CCCO1)NC[C@@H](O)c1ccccc1F. The van der Waals surface area contributed by atoms with Crippen LogP contribution in [0.5, 0.6) is 0 Å². The number of aliphatic hydroxyl groups is 1. The normalized spacial score (nSPS) is 19.4. The van der Waals surface area contributed by atoms with Crippen molar-refractivity contribution in [3.05, 3.63) is 35.6 Å². The summed E-state index contributed by atoms with van der Waals surface area (Å²) >= 11 is 0. The zero-order valence-electron chi connectivity index (χ0n) is 11.8. The summed E-state index contributed by atoms with van der Waals surface area (Å²) in [5.74, 6) is -0.709. The smallest absolute Gasteiger partial charge is 0.234 e. The van der Waals surface area contributed by atoms with E-state index in [0.29, 0.717) is 6.54 Å². The van der Waals surface area contributed by atoms with Crippen molar-refractivity contribution in [1.82, 2.24) is 10.6 Å². The second-order valence-electron chi connectivity index (χ2n) is 5.11. The van der Waals surface area contributed by atoms with Gasteiger partial charge in [-0.1, -0.05) is 18.2 Å². The van der Waals surface area contributed by atoms with Gasteiger partial charge in [-0.25, -0.2) is 4.39 Å². The average molecular weight is 296 g/mol. The minimum absolute atomic E-state index is 0.0125. The molecule has 21 heavy (non-hydrogen) atoms. The van der Waals surface area contributed by atoms with Crippen molar-refractivity contribution in [2.45, 2.75) is 25.0 Å². The zero-order chi connectivity index (χ0) is 15.1. The summed E-state index contributed by atoms with van der Waals surface area (Å²) in [6.45, 7) is 1.57. The first kappa shape index (κ1) is 15.9. The van der Waals surface area contributed by atoms with Crippen LogP contribution in [-0.4, -0.2) is 43.4 Å². The third-order valence-corrected chi connectivity index (χ3v) is 3.44. The highest BCUT2D eigenvalue weighted by molar-refractivity contribution is 5.78. The molecule has 1 heterocycles. The second kappa shape index (κ2) is 8.07. The van der Waals surface area contributed by atoms with E-state index in [1.165, 1.54) is 12.1 Å². The monoisotopic (exact) mass is 296 g/mol. The van der Waals surface area contributed by atoms with Gasteiger partial charge in [0.25, 0.3) is 0 Å². The van der Waals surface area contributed by atoms with E-state index in [4.69, 9.17) is 4.74 Å². The molecule has 1 aliphatic heterocycles. The second-order valence-corrected chi connectivity index (χ2v) is 5.11. The lowest BCUT2D eigenvalue weighted by Gasteiger charge is -2.14. The Morgan fingerprint density at radius 2 is 2.29 bits per heavy atom. The third-order valence-electron chi connectivity index (χ3n) is 3.44. The van der Waals surface area contributed by atoms with Crippen molar-refractivity contribution in [1.29, 1.82) is 0 Å². The summed E-state index contributed by atoms with van der Waals surface area (Å²) < 4.78 is 18.9. The van der Waals surface area contributed by atoms with E-state index in [-0.39, 0.29) is 30.7 Å². The highest BCUT2D eigenvalue weighted by atomic mass is 19.1. The maximum absolute atomic E-state index is 13.4. The first-order valence-electron chi connectivity index (χ1n) is 7.18. The van der Waals surface area contributed by atoms with Crippen molar-refractivity contribution in [3.63, 3.8) is 0 Å². The number of amides is 1. The average Bonchev–Trinajstić information content (AvgIpc) is 2.98. The van der Waals surface area contributed by atoms with Crippen LogP contribution in [0, 0.1) is 5.82 Å². The van der Waals surface area contributed by atoms with Gasteiger partial charge in [-0.15, -0.1) is 0 Å². The van der Waals surface area contributed by atoms with Gasteiger partial charge < -0.3 is 20.5 Å². The van der Waals surface area contributed by atoms with Crippen LogP contribution >= 0.6 is 0 Å². The molecule has 0 bridgehead atoms. The summed E-state index contributed by atoms with van der Waals surface area (Å²) in [5, 5.41) is 15.4. The zero-order valence-corrected chi connectivity index (χ0v) is 11.8. The number of halogens is 1. The van der Waals surface area contributed by atoms with E-state index < -0.39 is 11.9 Å². The minimum Gasteiger partial charge on any atom is -0.386 e. The Kier molecular flexibility index (Phi) is 6.10. The molecular formula is C15H21FN2O3. The van der Waals surface area contributed by atoms with Gasteiger partial charge in [0.2, 0.25) is 5.91 Å². The standard InChI is InChI=1S/C15H21FN2O3/c16-13-6-2-1-5-12(13)14(19)9-18-15(20)10-17-8-11-4-3-7-21-11/h1-2,5-6,11,14,17,19H,3-4,7-10H2,(H,18,20)/t11-,14-/m1/s1. The Balaban J connectivity index is 1.65. The molecule has 0 aliphatic carbocycles.